The van der Waals surface area contributed by atoms with Crippen LogP contribution in [0.2, 0.25) is 5.02 Å². The number of pyridine rings is 1. The van der Waals surface area contributed by atoms with E-state index in [4.69, 9.17) is 11.6 Å². The molecule has 3 aromatic rings. The molecule has 0 bridgehead atoms. The van der Waals surface area contributed by atoms with Gasteiger partial charge in [0.2, 0.25) is 0 Å². The molecule has 0 aliphatic carbocycles. The summed E-state index contributed by atoms with van der Waals surface area (Å²) < 4.78 is 3.37. The van der Waals surface area contributed by atoms with Crippen LogP contribution in [-0.2, 0) is 0 Å². The van der Waals surface area contributed by atoms with E-state index in [1.807, 2.05) is 36.4 Å². The van der Waals surface area contributed by atoms with Gasteiger partial charge in [-0.3, -0.25) is 4.98 Å². The van der Waals surface area contributed by atoms with Gasteiger partial charge in [0.05, 0.1) is 35.5 Å². The summed E-state index contributed by atoms with van der Waals surface area (Å²) in [4.78, 5) is 5.56. The molecule has 1 aliphatic rings. The second kappa shape index (κ2) is 6.72. The van der Waals surface area contributed by atoms with E-state index in [2.05, 4.69) is 15.0 Å². The number of rotatable bonds is 4. The third-order valence-electron chi connectivity index (χ3n) is 4.19. The number of anilines is 2. The first-order valence-corrected chi connectivity index (χ1v) is 9.03. The highest BCUT2D eigenvalue weighted by Crippen LogP contribution is 2.47. The summed E-state index contributed by atoms with van der Waals surface area (Å²) in [6.45, 7) is -0.276. The molecule has 0 atom stereocenters. The Bertz CT molecular complexity index is 947. The van der Waals surface area contributed by atoms with Crippen LogP contribution in [0.1, 0.15) is 0 Å². The van der Waals surface area contributed by atoms with Gasteiger partial charge in [-0.2, -0.15) is 0 Å². The van der Waals surface area contributed by atoms with Gasteiger partial charge in [0.15, 0.2) is 0 Å². The monoisotopic (exact) mass is 373 g/mol. The predicted octanol–water partition coefficient (Wildman–Crippen LogP) is 3.75. The lowest BCUT2D eigenvalue weighted by molar-refractivity contribution is 0.204. The van der Waals surface area contributed by atoms with Gasteiger partial charge in [0, 0.05) is 33.3 Å². The molecule has 4 N–H and O–H groups in total. The average Bonchev–Trinajstić information content (AvgIpc) is 2.66. The first kappa shape index (κ1) is 16.5. The quantitative estimate of drug-likeness (QED) is 0.522. The number of benzene rings is 2. The lowest BCUT2D eigenvalue weighted by Crippen LogP contribution is -2.27. The minimum Gasteiger partial charge on any atom is -0.394 e. The van der Waals surface area contributed by atoms with Crippen molar-refractivity contribution >= 4 is 45.8 Å². The molecule has 2 heterocycles. The van der Waals surface area contributed by atoms with Crippen molar-refractivity contribution in [2.75, 3.05) is 23.3 Å². The number of nitrogens with zero attached hydrogens (tertiary/aromatic N) is 1. The van der Waals surface area contributed by atoms with Gasteiger partial charge in [-0.15, -0.1) is 0 Å². The second-order valence-corrected chi connectivity index (χ2v) is 7.06. The lowest BCUT2D eigenvalue weighted by atomic mass is 10.00. The van der Waals surface area contributed by atoms with E-state index in [0.29, 0.717) is 5.02 Å². The fraction of sp³-hybridized carbons (Fsp3) is 0.167. The summed E-state index contributed by atoms with van der Waals surface area (Å²) in [5.41, 5.74) is 4.63. The number of aliphatic hydroxyl groups excluding tert-OH is 2. The van der Waals surface area contributed by atoms with Gasteiger partial charge in [-0.05, 0) is 48.3 Å². The molecule has 128 valence electrons. The van der Waals surface area contributed by atoms with Crippen LogP contribution in [-0.4, -0.2) is 34.5 Å². The van der Waals surface area contributed by atoms with Gasteiger partial charge < -0.3 is 20.3 Å². The summed E-state index contributed by atoms with van der Waals surface area (Å²) in [6.07, 6.45) is 1.76. The Morgan fingerprint density at radius 3 is 2.80 bits per heavy atom. The molecular formula is C18H16ClN3O2S. The van der Waals surface area contributed by atoms with Crippen LogP contribution in [0.15, 0.2) is 47.5 Å². The smallest absolute Gasteiger partial charge is 0.0963 e. The highest BCUT2D eigenvalue weighted by atomic mass is 35.5. The number of hydrogen-bond donors (Lipinski definition) is 4. The zero-order valence-corrected chi connectivity index (χ0v) is 14.7. The molecule has 0 fully saturated rings. The minimum absolute atomic E-state index is 0.138. The van der Waals surface area contributed by atoms with Crippen molar-refractivity contribution in [2.24, 2.45) is 0 Å². The Labute approximate surface area is 154 Å². The van der Waals surface area contributed by atoms with Crippen molar-refractivity contribution in [2.45, 2.75) is 10.9 Å². The molecule has 0 saturated carbocycles. The zero-order valence-electron chi connectivity index (χ0n) is 13.2. The summed E-state index contributed by atoms with van der Waals surface area (Å²) in [5.74, 6) is 0. The van der Waals surface area contributed by atoms with Gasteiger partial charge >= 0.3 is 0 Å². The molecule has 0 unspecified atom stereocenters. The molecule has 5 nitrogen and oxygen atoms in total. The average molecular weight is 374 g/mol. The first-order valence-electron chi connectivity index (χ1n) is 7.84. The van der Waals surface area contributed by atoms with E-state index in [-0.39, 0.29) is 13.2 Å². The van der Waals surface area contributed by atoms with E-state index < -0.39 is 6.04 Å². The van der Waals surface area contributed by atoms with Gasteiger partial charge in [-0.1, -0.05) is 11.6 Å². The lowest BCUT2D eigenvalue weighted by Gasteiger charge is -2.24. The van der Waals surface area contributed by atoms with Crippen LogP contribution in [0, 0.1) is 0 Å². The minimum atomic E-state index is -0.395. The third kappa shape index (κ3) is 2.91. The molecule has 2 aromatic carbocycles. The second-order valence-electron chi connectivity index (χ2n) is 5.80. The molecule has 0 amide bonds. The molecular weight excluding hydrogens is 358 g/mol. The number of halogens is 1. The number of fused-ring (bicyclic) bond motifs is 5. The van der Waals surface area contributed by atoms with Crippen LogP contribution in [0.5, 0.6) is 0 Å². The Morgan fingerprint density at radius 1 is 1.16 bits per heavy atom. The normalized spacial score (nSPS) is 12.6. The van der Waals surface area contributed by atoms with Crippen molar-refractivity contribution in [1.29, 1.82) is 0 Å². The molecule has 0 radical (unpaired) electrons. The van der Waals surface area contributed by atoms with Crippen molar-refractivity contribution < 1.29 is 10.2 Å². The predicted molar refractivity (Wildman–Crippen MR) is 103 cm³/mol. The molecule has 1 aliphatic heterocycles. The fourth-order valence-corrected chi connectivity index (χ4v) is 4.02. The van der Waals surface area contributed by atoms with Crippen LogP contribution in [0.3, 0.4) is 0 Å². The standard InChI is InChI=1S/C18H16ClN3O2S/c19-15-7-14-13-6-10(21-11(8-23)9-24)3-4-16(13)25-22-18(14)17-12(15)2-1-5-20-17/h1-7,11,21-24H,8-9H2. The Balaban J connectivity index is 1.85. The van der Waals surface area contributed by atoms with E-state index in [1.165, 1.54) is 11.9 Å². The largest absolute Gasteiger partial charge is 0.394 e. The van der Waals surface area contributed by atoms with Gasteiger partial charge in [-0.25, -0.2) is 0 Å². The van der Waals surface area contributed by atoms with Gasteiger partial charge in [0.1, 0.15) is 0 Å². The Hall–Kier alpha value is -1.99. The molecule has 4 rings (SSSR count). The summed E-state index contributed by atoms with van der Waals surface area (Å²) in [5, 5.41) is 23.3. The van der Waals surface area contributed by atoms with Crippen LogP contribution in [0.25, 0.3) is 22.0 Å². The third-order valence-corrected chi connectivity index (χ3v) is 5.38. The summed E-state index contributed by atoms with van der Waals surface area (Å²) >= 11 is 8.00. The van der Waals surface area contributed by atoms with Gasteiger partial charge in [0.25, 0.3) is 0 Å². The van der Waals surface area contributed by atoms with E-state index in [9.17, 15) is 10.2 Å². The number of aromatic nitrogens is 1. The van der Waals surface area contributed by atoms with Crippen LogP contribution >= 0.6 is 23.5 Å². The first-order chi connectivity index (χ1) is 12.2. The Kier molecular flexibility index (Phi) is 4.43. The van der Waals surface area contributed by atoms with Crippen LogP contribution < -0.4 is 10.0 Å². The maximum absolute atomic E-state index is 9.28. The summed E-state index contributed by atoms with van der Waals surface area (Å²) in [7, 11) is 0. The molecule has 0 saturated heterocycles. The SMILES string of the molecule is OCC(CO)Nc1ccc2c(c1)-c1cc(Cl)c3cccnc3c1NS2. The maximum Gasteiger partial charge on any atom is 0.0963 e. The van der Waals surface area contributed by atoms with E-state index in [1.54, 1.807) is 6.20 Å². The molecule has 1 aromatic heterocycles. The van der Waals surface area contributed by atoms with Crippen molar-refractivity contribution in [1.82, 2.24) is 4.98 Å². The maximum atomic E-state index is 9.28. The highest BCUT2D eigenvalue weighted by molar-refractivity contribution is 8.00. The topological polar surface area (TPSA) is 77.4 Å². The van der Waals surface area contributed by atoms with E-state index >= 15 is 0 Å². The molecule has 0 spiro atoms. The summed E-state index contributed by atoms with van der Waals surface area (Å²) in [6, 6.07) is 11.3. The Morgan fingerprint density at radius 2 is 2.00 bits per heavy atom. The van der Waals surface area contributed by atoms with Crippen molar-refractivity contribution in [3.63, 3.8) is 0 Å². The van der Waals surface area contributed by atoms with Crippen LogP contribution in [0.4, 0.5) is 11.4 Å². The number of aliphatic hydroxyl groups is 2. The highest BCUT2D eigenvalue weighted by Gasteiger charge is 2.21. The zero-order chi connectivity index (χ0) is 17.4. The van der Waals surface area contributed by atoms with E-state index in [0.717, 1.165) is 38.3 Å². The number of nitrogens with one attached hydrogen (secondary N) is 2. The fourth-order valence-electron chi connectivity index (χ4n) is 2.93. The number of hydrogen-bond acceptors (Lipinski definition) is 6. The van der Waals surface area contributed by atoms with Crippen molar-refractivity contribution in [3.05, 3.63) is 47.6 Å². The molecule has 7 heteroatoms. The van der Waals surface area contributed by atoms with Crippen molar-refractivity contribution in [3.8, 4) is 11.1 Å². The molecule has 25 heavy (non-hydrogen) atoms.